The van der Waals surface area contributed by atoms with Crippen LogP contribution in [-0.4, -0.2) is 31.9 Å². The second-order valence-corrected chi connectivity index (χ2v) is 7.04. The van der Waals surface area contributed by atoms with E-state index < -0.39 is 18.6 Å². The third-order valence-corrected chi connectivity index (χ3v) is 4.46. The Balaban J connectivity index is 0.000000244. The van der Waals surface area contributed by atoms with Crippen molar-refractivity contribution in [2.24, 2.45) is 0 Å². The molecule has 0 saturated carbocycles. The van der Waals surface area contributed by atoms with E-state index in [0.717, 1.165) is 17.5 Å². The molecule has 1 radical (unpaired) electrons. The van der Waals surface area contributed by atoms with E-state index in [9.17, 15) is 17.6 Å². The standard InChI is InChI=1S/C18H14N.C6H6F4N2O.Ir/c1-14-10-11-18(19-13-14)17-9-5-8-16(12-17)15-6-3-2-4-7-15;7-5(13,6(8,9)10)4-12-3-1-2-11-12;/h2-8,10-13H,1H3;1-3,13H,4H2;/q-1;;. The molecule has 2 heterocycles. The summed E-state index contributed by atoms with van der Waals surface area (Å²) in [5, 5.41) is 11.7. The van der Waals surface area contributed by atoms with Crippen LogP contribution in [0.2, 0.25) is 0 Å². The molecule has 4 nitrogen and oxygen atoms in total. The van der Waals surface area contributed by atoms with Crippen LogP contribution in [0.4, 0.5) is 17.6 Å². The maximum atomic E-state index is 12.5. The van der Waals surface area contributed by atoms with Crippen molar-refractivity contribution in [1.29, 1.82) is 0 Å². The monoisotopic (exact) mass is 635 g/mol. The van der Waals surface area contributed by atoms with Crippen LogP contribution in [0.1, 0.15) is 5.56 Å². The number of hydrogen-bond donors (Lipinski definition) is 1. The number of halogens is 4. The van der Waals surface area contributed by atoms with Crippen LogP contribution in [-0.2, 0) is 26.7 Å². The summed E-state index contributed by atoms with van der Waals surface area (Å²) in [4.78, 5) is 4.45. The minimum absolute atomic E-state index is 0. The predicted octanol–water partition coefficient (Wildman–Crippen LogP) is 5.63. The largest absolute Gasteiger partial charge is 0.450 e. The summed E-state index contributed by atoms with van der Waals surface area (Å²) in [6, 6.07) is 25.2. The number of rotatable bonds is 4. The Morgan fingerprint density at radius 1 is 0.970 bits per heavy atom. The van der Waals surface area contributed by atoms with E-state index in [0.29, 0.717) is 4.68 Å². The Morgan fingerprint density at radius 2 is 1.70 bits per heavy atom. The van der Waals surface area contributed by atoms with Gasteiger partial charge < -0.3 is 10.1 Å². The van der Waals surface area contributed by atoms with Crippen molar-refractivity contribution < 1.29 is 42.8 Å². The fourth-order valence-corrected chi connectivity index (χ4v) is 2.75. The minimum Gasteiger partial charge on any atom is -0.353 e. The van der Waals surface area contributed by atoms with E-state index in [2.05, 4.69) is 58.6 Å². The Morgan fingerprint density at radius 3 is 2.27 bits per heavy atom. The van der Waals surface area contributed by atoms with Crippen molar-refractivity contribution in [3.8, 4) is 22.4 Å². The molecule has 2 aromatic carbocycles. The van der Waals surface area contributed by atoms with E-state index >= 15 is 0 Å². The smallest absolute Gasteiger partial charge is 0.353 e. The average molecular weight is 635 g/mol. The van der Waals surface area contributed by atoms with Crippen molar-refractivity contribution >= 4 is 0 Å². The first kappa shape index (κ1) is 26.4. The fourth-order valence-electron chi connectivity index (χ4n) is 2.75. The molecule has 0 bridgehead atoms. The van der Waals surface area contributed by atoms with Crippen molar-refractivity contribution in [2.45, 2.75) is 25.5 Å². The molecule has 0 aliphatic heterocycles. The van der Waals surface area contributed by atoms with Crippen molar-refractivity contribution in [1.82, 2.24) is 14.8 Å². The third-order valence-electron chi connectivity index (χ3n) is 4.46. The molecule has 1 atom stereocenters. The van der Waals surface area contributed by atoms with Gasteiger partial charge in [0.1, 0.15) is 6.54 Å². The SMILES string of the molecule is Cc1ccc(-c2[c-]ccc(-c3ccccc3)c2)nc1.OC(F)(Cn1cccn1)C(F)(F)F.[Ir]. The van der Waals surface area contributed by atoms with Gasteiger partial charge in [0.2, 0.25) is 0 Å². The number of aromatic nitrogens is 3. The van der Waals surface area contributed by atoms with Gasteiger partial charge in [0, 0.05) is 38.7 Å². The van der Waals surface area contributed by atoms with Gasteiger partial charge in [-0.15, -0.1) is 35.4 Å². The second kappa shape index (κ2) is 11.3. The first-order valence-electron chi connectivity index (χ1n) is 9.61. The zero-order valence-electron chi connectivity index (χ0n) is 17.4. The molecule has 0 aliphatic carbocycles. The van der Waals surface area contributed by atoms with Crippen molar-refractivity contribution in [2.75, 3.05) is 0 Å². The second-order valence-electron chi connectivity index (χ2n) is 7.04. The summed E-state index contributed by atoms with van der Waals surface area (Å²) in [6.07, 6.45) is -1.11. The molecule has 9 heteroatoms. The molecule has 0 amide bonds. The van der Waals surface area contributed by atoms with E-state index in [1.165, 1.54) is 29.0 Å². The van der Waals surface area contributed by atoms with Crippen LogP contribution in [0.5, 0.6) is 0 Å². The van der Waals surface area contributed by atoms with Gasteiger partial charge in [-0.2, -0.15) is 22.7 Å². The van der Waals surface area contributed by atoms with Gasteiger partial charge in [-0.1, -0.05) is 42.5 Å². The van der Waals surface area contributed by atoms with E-state index in [1.807, 2.05) is 31.3 Å². The number of benzene rings is 2. The molecule has 1 unspecified atom stereocenters. The molecular weight excluding hydrogens is 614 g/mol. The van der Waals surface area contributed by atoms with Crippen LogP contribution in [0, 0.1) is 13.0 Å². The summed E-state index contributed by atoms with van der Waals surface area (Å²) in [5.74, 6) is -4.24. The van der Waals surface area contributed by atoms with Gasteiger partial charge >= 0.3 is 12.0 Å². The van der Waals surface area contributed by atoms with Crippen LogP contribution >= 0.6 is 0 Å². The average Bonchev–Trinajstić information content (AvgIpc) is 3.27. The molecule has 0 aliphatic rings. The number of pyridine rings is 1. The summed E-state index contributed by atoms with van der Waals surface area (Å²) < 4.78 is 48.5. The summed E-state index contributed by atoms with van der Waals surface area (Å²) in [5.41, 5.74) is 5.56. The summed E-state index contributed by atoms with van der Waals surface area (Å²) in [7, 11) is 0. The third kappa shape index (κ3) is 7.32. The Hall–Kier alpha value is -2.87. The van der Waals surface area contributed by atoms with Gasteiger partial charge in [0.25, 0.3) is 0 Å². The van der Waals surface area contributed by atoms with Crippen LogP contribution < -0.4 is 0 Å². The van der Waals surface area contributed by atoms with Crippen LogP contribution in [0.25, 0.3) is 22.4 Å². The van der Waals surface area contributed by atoms with Crippen molar-refractivity contribution in [3.05, 3.63) is 97.0 Å². The topological polar surface area (TPSA) is 50.9 Å². The zero-order chi connectivity index (χ0) is 23.2. The van der Waals surface area contributed by atoms with E-state index in [-0.39, 0.29) is 20.1 Å². The number of aliphatic hydroxyl groups is 1. The zero-order valence-corrected chi connectivity index (χ0v) is 19.8. The van der Waals surface area contributed by atoms with Gasteiger partial charge in [-0.3, -0.25) is 4.68 Å². The van der Waals surface area contributed by atoms with Crippen LogP contribution in [0.3, 0.4) is 0 Å². The molecule has 175 valence electrons. The molecule has 4 aromatic rings. The Labute approximate surface area is 202 Å². The quantitative estimate of drug-likeness (QED) is 0.234. The van der Waals surface area contributed by atoms with Crippen molar-refractivity contribution in [3.63, 3.8) is 0 Å². The molecule has 2 aromatic heterocycles. The number of alkyl halides is 4. The molecular formula is C24H20F4IrN3O-. The number of hydrogen-bond acceptors (Lipinski definition) is 3. The van der Waals surface area contributed by atoms with Gasteiger partial charge in [-0.25, -0.2) is 0 Å². The summed E-state index contributed by atoms with van der Waals surface area (Å²) >= 11 is 0. The van der Waals surface area contributed by atoms with E-state index in [4.69, 9.17) is 5.11 Å². The maximum absolute atomic E-state index is 12.5. The van der Waals surface area contributed by atoms with E-state index in [1.54, 1.807) is 0 Å². The maximum Gasteiger partial charge on any atom is 0.450 e. The normalized spacial score (nSPS) is 12.7. The first-order chi connectivity index (χ1) is 15.2. The first-order valence-corrected chi connectivity index (χ1v) is 9.61. The van der Waals surface area contributed by atoms with Gasteiger partial charge in [0.15, 0.2) is 0 Å². The minimum atomic E-state index is -5.31. The number of nitrogens with zero attached hydrogens (tertiary/aromatic N) is 3. The fraction of sp³-hybridized carbons (Fsp3) is 0.167. The Kier molecular flexibility index (Phi) is 9.05. The molecule has 0 fully saturated rings. The number of aryl methyl sites for hydroxylation is 1. The van der Waals surface area contributed by atoms with Gasteiger partial charge in [-0.05, 0) is 29.8 Å². The summed E-state index contributed by atoms with van der Waals surface area (Å²) in [6.45, 7) is 0.782. The van der Waals surface area contributed by atoms with Gasteiger partial charge in [0.05, 0.1) is 0 Å². The molecule has 33 heavy (non-hydrogen) atoms. The predicted molar refractivity (Wildman–Crippen MR) is 113 cm³/mol. The molecule has 4 rings (SSSR count). The van der Waals surface area contributed by atoms with Crippen LogP contribution in [0.15, 0.2) is 85.3 Å². The molecule has 1 N–H and O–H groups in total. The molecule has 0 spiro atoms. The Bertz CT molecular complexity index is 1120. The molecule has 0 saturated heterocycles.